The Bertz CT molecular complexity index is 397. The largest absolute Gasteiger partial charge is 0.481 e. The highest BCUT2D eigenvalue weighted by Crippen LogP contribution is 2.30. The molecule has 5 heteroatoms. The summed E-state index contributed by atoms with van der Waals surface area (Å²) in [5.41, 5.74) is 0. The molecule has 1 aromatic rings. The van der Waals surface area contributed by atoms with Crippen LogP contribution in [-0.4, -0.2) is 26.4 Å². The third-order valence-electron chi connectivity index (χ3n) is 3.59. The number of carboxylic acids is 1. The third kappa shape index (κ3) is 3.77. The topological polar surface area (TPSA) is 55.1 Å². The highest BCUT2D eigenvalue weighted by atomic mass is 32.2. The van der Waals surface area contributed by atoms with E-state index in [0.717, 1.165) is 23.5 Å². The number of aliphatic carboxylic acids is 1. The van der Waals surface area contributed by atoms with Gasteiger partial charge in [0.1, 0.15) is 0 Å². The molecular formula is C13H20N2O2S. The second kappa shape index (κ2) is 6.27. The van der Waals surface area contributed by atoms with Crippen molar-refractivity contribution in [2.24, 2.45) is 11.8 Å². The molecule has 1 fully saturated rings. The molecule has 0 spiro atoms. The third-order valence-corrected chi connectivity index (χ3v) is 4.58. The molecule has 0 atom stereocenters. The molecule has 1 aliphatic carbocycles. The fraction of sp³-hybridized carbons (Fsp3) is 0.692. The van der Waals surface area contributed by atoms with Gasteiger partial charge in [-0.15, -0.1) is 0 Å². The molecular weight excluding hydrogens is 248 g/mol. The molecule has 0 aromatic carbocycles. The number of hydrogen-bond donors (Lipinski definition) is 1. The van der Waals surface area contributed by atoms with Crippen LogP contribution in [0.3, 0.4) is 0 Å². The molecule has 1 aliphatic rings. The Balaban J connectivity index is 1.89. The van der Waals surface area contributed by atoms with Crippen LogP contribution in [0.2, 0.25) is 0 Å². The lowest BCUT2D eigenvalue weighted by Crippen LogP contribution is -2.18. The van der Waals surface area contributed by atoms with Crippen LogP contribution in [0.5, 0.6) is 0 Å². The first-order valence-corrected chi connectivity index (χ1v) is 7.49. The van der Waals surface area contributed by atoms with Gasteiger partial charge >= 0.3 is 5.97 Å². The Morgan fingerprint density at radius 2 is 2.22 bits per heavy atom. The van der Waals surface area contributed by atoms with Crippen LogP contribution in [0.25, 0.3) is 0 Å². The molecule has 0 bridgehead atoms. The van der Waals surface area contributed by atoms with Crippen molar-refractivity contribution in [3.8, 4) is 0 Å². The van der Waals surface area contributed by atoms with Crippen molar-refractivity contribution in [2.75, 3.05) is 5.75 Å². The predicted octanol–water partition coefficient (Wildman–Crippen LogP) is 2.89. The van der Waals surface area contributed by atoms with Crippen molar-refractivity contribution >= 4 is 17.7 Å². The van der Waals surface area contributed by atoms with E-state index in [4.69, 9.17) is 5.11 Å². The zero-order valence-corrected chi connectivity index (χ0v) is 11.5. The summed E-state index contributed by atoms with van der Waals surface area (Å²) in [6, 6.07) is 0. The zero-order valence-electron chi connectivity index (χ0n) is 10.7. The van der Waals surface area contributed by atoms with Gasteiger partial charge < -0.3 is 9.67 Å². The quantitative estimate of drug-likeness (QED) is 0.834. The number of carboxylic acid groups (broad SMARTS) is 1. The average molecular weight is 268 g/mol. The van der Waals surface area contributed by atoms with Gasteiger partial charge in [-0.1, -0.05) is 31.5 Å². The van der Waals surface area contributed by atoms with Crippen LogP contribution in [0.1, 0.15) is 32.6 Å². The second-order valence-corrected chi connectivity index (χ2v) is 6.11. The zero-order chi connectivity index (χ0) is 13.0. The van der Waals surface area contributed by atoms with Gasteiger partial charge in [-0.25, -0.2) is 4.98 Å². The lowest BCUT2D eigenvalue weighted by molar-refractivity contribution is -0.133. The maximum atomic E-state index is 10.6. The Morgan fingerprint density at radius 1 is 1.50 bits per heavy atom. The van der Waals surface area contributed by atoms with E-state index in [-0.39, 0.29) is 5.75 Å². The van der Waals surface area contributed by atoms with Crippen molar-refractivity contribution in [3.63, 3.8) is 0 Å². The van der Waals surface area contributed by atoms with Gasteiger partial charge in [-0.3, -0.25) is 4.79 Å². The van der Waals surface area contributed by atoms with Gasteiger partial charge in [-0.05, 0) is 24.7 Å². The van der Waals surface area contributed by atoms with Crippen LogP contribution in [0, 0.1) is 11.8 Å². The summed E-state index contributed by atoms with van der Waals surface area (Å²) in [6.45, 7) is 3.30. The normalized spacial score (nSPS) is 24.1. The Hall–Kier alpha value is -0.970. The van der Waals surface area contributed by atoms with Gasteiger partial charge in [-0.2, -0.15) is 0 Å². The van der Waals surface area contributed by atoms with Crippen LogP contribution in [-0.2, 0) is 11.3 Å². The van der Waals surface area contributed by atoms with Crippen molar-refractivity contribution in [1.29, 1.82) is 0 Å². The smallest absolute Gasteiger partial charge is 0.313 e. The SMILES string of the molecule is CC1CCC(Cn2ccnc2SCC(=O)O)CC1. The van der Waals surface area contributed by atoms with Crippen molar-refractivity contribution < 1.29 is 9.90 Å². The number of nitrogens with zero attached hydrogens (tertiary/aromatic N) is 2. The van der Waals surface area contributed by atoms with Crippen molar-refractivity contribution in [1.82, 2.24) is 9.55 Å². The summed E-state index contributed by atoms with van der Waals surface area (Å²) in [5.74, 6) is 0.879. The van der Waals surface area contributed by atoms with Crippen LogP contribution in [0.4, 0.5) is 0 Å². The van der Waals surface area contributed by atoms with E-state index in [1.165, 1.54) is 37.4 Å². The van der Waals surface area contributed by atoms with E-state index in [0.29, 0.717) is 0 Å². The Labute approximate surface area is 112 Å². The van der Waals surface area contributed by atoms with Gasteiger partial charge in [0.05, 0.1) is 5.75 Å². The maximum absolute atomic E-state index is 10.6. The number of imidazole rings is 1. The number of hydrogen-bond acceptors (Lipinski definition) is 3. The molecule has 4 nitrogen and oxygen atoms in total. The Kier molecular flexibility index (Phi) is 4.69. The molecule has 1 heterocycles. The number of thioether (sulfide) groups is 1. The fourth-order valence-corrected chi connectivity index (χ4v) is 3.18. The van der Waals surface area contributed by atoms with Crippen LogP contribution < -0.4 is 0 Å². The van der Waals surface area contributed by atoms with E-state index < -0.39 is 5.97 Å². The molecule has 18 heavy (non-hydrogen) atoms. The summed E-state index contributed by atoms with van der Waals surface area (Å²) in [6.07, 6.45) is 8.91. The lowest BCUT2D eigenvalue weighted by Gasteiger charge is -2.26. The molecule has 0 radical (unpaired) electrons. The van der Waals surface area contributed by atoms with Gasteiger partial charge in [0.25, 0.3) is 0 Å². The van der Waals surface area contributed by atoms with E-state index in [2.05, 4.69) is 16.5 Å². The highest BCUT2D eigenvalue weighted by molar-refractivity contribution is 7.99. The molecule has 100 valence electrons. The summed E-state index contributed by atoms with van der Waals surface area (Å²) in [4.78, 5) is 14.8. The first-order valence-electron chi connectivity index (χ1n) is 6.51. The van der Waals surface area contributed by atoms with Crippen LogP contribution >= 0.6 is 11.8 Å². The second-order valence-electron chi connectivity index (χ2n) is 5.17. The summed E-state index contributed by atoms with van der Waals surface area (Å²) in [7, 11) is 0. The van der Waals surface area contributed by atoms with E-state index in [1.807, 2.05) is 6.20 Å². The highest BCUT2D eigenvalue weighted by Gasteiger charge is 2.19. The molecule has 1 N–H and O–H groups in total. The summed E-state index contributed by atoms with van der Waals surface area (Å²) < 4.78 is 2.11. The summed E-state index contributed by atoms with van der Waals surface area (Å²) in [5, 5.41) is 9.53. The predicted molar refractivity (Wildman–Crippen MR) is 71.7 cm³/mol. The monoisotopic (exact) mass is 268 g/mol. The molecule has 0 amide bonds. The maximum Gasteiger partial charge on any atom is 0.313 e. The first-order chi connectivity index (χ1) is 8.65. The minimum atomic E-state index is -0.791. The van der Waals surface area contributed by atoms with Gasteiger partial charge in [0, 0.05) is 18.9 Å². The van der Waals surface area contributed by atoms with Crippen molar-refractivity contribution in [2.45, 2.75) is 44.3 Å². The van der Waals surface area contributed by atoms with E-state index >= 15 is 0 Å². The number of carbonyl (C=O) groups is 1. The summed E-state index contributed by atoms with van der Waals surface area (Å²) >= 11 is 1.30. The first kappa shape index (κ1) is 13.5. The number of rotatable bonds is 5. The molecule has 0 unspecified atom stereocenters. The standard InChI is InChI=1S/C13H20N2O2S/c1-10-2-4-11(5-3-10)8-15-7-6-14-13(15)18-9-12(16)17/h6-7,10-11H,2-5,8-9H2,1H3,(H,16,17). The molecule has 0 aliphatic heterocycles. The molecule has 1 saturated carbocycles. The lowest BCUT2D eigenvalue weighted by atomic mass is 9.83. The minimum Gasteiger partial charge on any atom is -0.481 e. The molecule has 1 aromatic heterocycles. The molecule has 2 rings (SSSR count). The Morgan fingerprint density at radius 3 is 2.89 bits per heavy atom. The van der Waals surface area contributed by atoms with Gasteiger partial charge in [0.2, 0.25) is 0 Å². The fourth-order valence-electron chi connectivity index (χ4n) is 2.49. The van der Waals surface area contributed by atoms with E-state index in [1.54, 1.807) is 6.20 Å². The average Bonchev–Trinajstić information content (AvgIpc) is 2.77. The molecule has 0 saturated heterocycles. The van der Waals surface area contributed by atoms with E-state index in [9.17, 15) is 4.79 Å². The number of aromatic nitrogens is 2. The van der Waals surface area contributed by atoms with Crippen LogP contribution in [0.15, 0.2) is 17.6 Å². The van der Waals surface area contributed by atoms with Gasteiger partial charge in [0.15, 0.2) is 5.16 Å². The van der Waals surface area contributed by atoms with Crippen molar-refractivity contribution in [3.05, 3.63) is 12.4 Å². The minimum absolute atomic E-state index is 0.0821.